The summed E-state index contributed by atoms with van der Waals surface area (Å²) < 4.78 is 10.7. The minimum absolute atomic E-state index is 0.188. The summed E-state index contributed by atoms with van der Waals surface area (Å²) in [5.74, 6) is 4.04. The lowest BCUT2D eigenvalue weighted by Gasteiger charge is -2.50. The van der Waals surface area contributed by atoms with Gasteiger partial charge in [0.15, 0.2) is 0 Å². The molecule has 2 saturated carbocycles. The summed E-state index contributed by atoms with van der Waals surface area (Å²) in [5, 5.41) is 5.84. The molecule has 2 aromatic rings. The second-order valence-corrected chi connectivity index (χ2v) is 11.0. The summed E-state index contributed by atoms with van der Waals surface area (Å²) in [6.07, 6.45) is 6.84. The smallest absolute Gasteiger partial charge is 0.319 e. The van der Waals surface area contributed by atoms with Gasteiger partial charge in [0, 0.05) is 30.1 Å². The van der Waals surface area contributed by atoms with Crippen molar-refractivity contribution in [1.82, 2.24) is 5.32 Å². The first-order chi connectivity index (χ1) is 17.4. The molecule has 6 nitrogen and oxygen atoms in total. The van der Waals surface area contributed by atoms with E-state index in [-0.39, 0.29) is 11.4 Å². The van der Waals surface area contributed by atoms with E-state index in [1.807, 2.05) is 18.2 Å². The number of rotatable bonds is 7. The van der Waals surface area contributed by atoms with Gasteiger partial charge in [-0.05, 0) is 97.6 Å². The van der Waals surface area contributed by atoms with Gasteiger partial charge in [0.05, 0.1) is 14.2 Å². The van der Waals surface area contributed by atoms with E-state index >= 15 is 0 Å². The van der Waals surface area contributed by atoms with Crippen LogP contribution in [0, 0.1) is 23.2 Å². The van der Waals surface area contributed by atoms with Crippen LogP contribution >= 0.6 is 0 Å². The second-order valence-electron chi connectivity index (χ2n) is 11.0. The number of ether oxygens (including phenoxy) is 2. The van der Waals surface area contributed by atoms with Crippen molar-refractivity contribution in [3.05, 3.63) is 53.6 Å². The number of anilines is 1. The van der Waals surface area contributed by atoms with Gasteiger partial charge in [-0.2, -0.15) is 0 Å². The van der Waals surface area contributed by atoms with Crippen molar-refractivity contribution in [3.8, 4) is 11.5 Å². The number of amides is 2. The van der Waals surface area contributed by atoms with E-state index in [0.717, 1.165) is 44.3 Å². The average molecular weight is 491 g/mol. The molecule has 36 heavy (non-hydrogen) atoms. The van der Waals surface area contributed by atoms with E-state index < -0.39 is 0 Å². The first kappa shape index (κ1) is 24.7. The third-order valence-corrected chi connectivity index (χ3v) is 9.14. The SMILES string of the molecule is COc1cccc(NC(=O)NCCC[C@@H]2CC(=O)[C@@]3(C)CCC4c5ccc(OC)cc5CCC4C23)c1. The minimum Gasteiger partial charge on any atom is -0.497 e. The zero-order valence-electron chi connectivity index (χ0n) is 21.6. The normalized spacial score (nSPS) is 28.5. The number of ketones is 1. The summed E-state index contributed by atoms with van der Waals surface area (Å²) in [6, 6.07) is 13.7. The number of nitrogens with one attached hydrogen (secondary N) is 2. The van der Waals surface area contributed by atoms with E-state index in [9.17, 15) is 9.59 Å². The van der Waals surface area contributed by atoms with Crippen molar-refractivity contribution in [3.63, 3.8) is 0 Å². The molecule has 2 aromatic carbocycles. The van der Waals surface area contributed by atoms with Crippen LogP contribution in [0.5, 0.6) is 11.5 Å². The molecule has 2 fully saturated rings. The molecule has 0 heterocycles. The molecule has 0 bridgehead atoms. The number of fused-ring (bicyclic) bond motifs is 5. The molecule has 0 radical (unpaired) electrons. The highest BCUT2D eigenvalue weighted by Gasteiger charge is 2.58. The summed E-state index contributed by atoms with van der Waals surface area (Å²) in [6.45, 7) is 2.83. The van der Waals surface area contributed by atoms with E-state index in [4.69, 9.17) is 9.47 Å². The van der Waals surface area contributed by atoms with Gasteiger partial charge in [-0.25, -0.2) is 4.79 Å². The zero-order valence-corrected chi connectivity index (χ0v) is 21.6. The maximum atomic E-state index is 13.2. The molecule has 2 N–H and O–H groups in total. The molecule has 3 aliphatic carbocycles. The van der Waals surface area contributed by atoms with Crippen LogP contribution in [0.4, 0.5) is 10.5 Å². The predicted molar refractivity (Wildman–Crippen MR) is 141 cm³/mol. The molecular formula is C30H38N2O4. The van der Waals surface area contributed by atoms with Crippen molar-refractivity contribution >= 4 is 17.5 Å². The lowest BCUT2D eigenvalue weighted by atomic mass is 9.54. The predicted octanol–water partition coefficient (Wildman–Crippen LogP) is 5.96. The first-order valence-electron chi connectivity index (χ1n) is 13.3. The van der Waals surface area contributed by atoms with Crippen molar-refractivity contribution in [2.45, 2.75) is 57.8 Å². The molecule has 0 aliphatic heterocycles. The van der Waals surface area contributed by atoms with Crippen LogP contribution in [0.3, 0.4) is 0 Å². The van der Waals surface area contributed by atoms with Gasteiger partial charge < -0.3 is 20.1 Å². The van der Waals surface area contributed by atoms with E-state index in [0.29, 0.717) is 53.9 Å². The Morgan fingerprint density at radius 2 is 1.89 bits per heavy atom. The van der Waals surface area contributed by atoms with Crippen LogP contribution in [0.2, 0.25) is 0 Å². The van der Waals surface area contributed by atoms with Crippen LogP contribution in [0.15, 0.2) is 42.5 Å². The Hall–Kier alpha value is -3.02. The average Bonchev–Trinajstić information content (AvgIpc) is 3.15. The van der Waals surface area contributed by atoms with Crippen molar-refractivity contribution in [2.75, 3.05) is 26.1 Å². The lowest BCUT2D eigenvalue weighted by molar-refractivity contribution is -0.129. The number of urea groups is 1. The third kappa shape index (κ3) is 4.58. The minimum atomic E-state index is -0.215. The largest absolute Gasteiger partial charge is 0.497 e. The Morgan fingerprint density at radius 3 is 2.69 bits per heavy atom. The monoisotopic (exact) mass is 490 g/mol. The highest BCUT2D eigenvalue weighted by atomic mass is 16.5. The number of aryl methyl sites for hydroxylation is 1. The van der Waals surface area contributed by atoms with Crippen LogP contribution in [-0.4, -0.2) is 32.6 Å². The Labute approximate surface area is 214 Å². The van der Waals surface area contributed by atoms with Gasteiger partial charge in [-0.15, -0.1) is 0 Å². The fourth-order valence-corrected chi connectivity index (χ4v) is 7.45. The number of benzene rings is 2. The topological polar surface area (TPSA) is 76.7 Å². The fraction of sp³-hybridized carbons (Fsp3) is 0.533. The molecule has 0 aromatic heterocycles. The van der Waals surface area contributed by atoms with Crippen molar-refractivity contribution < 1.29 is 19.1 Å². The number of methoxy groups -OCH3 is 2. The third-order valence-electron chi connectivity index (χ3n) is 9.14. The quantitative estimate of drug-likeness (QED) is 0.470. The number of carbonyl (C=O) groups is 2. The van der Waals surface area contributed by atoms with Gasteiger partial charge in [-0.1, -0.05) is 19.1 Å². The summed E-state index contributed by atoms with van der Waals surface area (Å²) in [7, 11) is 3.33. The lowest BCUT2D eigenvalue weighted by Crippen LogP contribution is -2.44. The van der Waals surface area contributed by atoms with Crippen LogP contribution in [-0.2, 0) is 11.2 Å². The van der Waals surface area contributed by atoms with Crippen molar-refractivity contribution in [2.24, 2.45) is 23.2 Å². The van der Waals surface area contributed by atoms with Gasteiger partial charge in [0.25, 0.3) is 0 Å². The Morgan fingerprint density at radius 1 is 1.08 bits per heavy atom. The Balaban J connectivity index is 1.20. The van der Waals surface area contributed by atoms with Crippen molar-refractivity contribution in [1.29, 1.82) is 0 Å². The second kappa shape index (κ2) is 10.2. The molecule has 5 rings (SSSR count). The number of hydrogen-bond acceptors (Lipinski definition) is 4. The molecule has 3 aliphatic rings. The van der Waals surface area contributed by atoms with E-state index in [1.165, 1.54) is 11.1 Å². The van der Waals surface area contributed by atoms with E-state index in [1.54, 1.807) is 20.3 Å². The number of hydrogen-bond donors (Lipinski definition) is 2. The van der Waals surface area contributed by atoms with Gasteiger partial charge >= 0.3 is 6.03 Å². The highest BCUT2D eigenvalue weighted by Crippen LogP contribution is 2.62. The summed E-state index contributed by atoms with van der Waals surface area (Å²) in [4.78, 5) is 25.6. The molecule has 192 valence electrons. The number of Topliss-reactive ketones (excluding diaryl/α,β-unsaturated/α-hetero) is 1. The van der Waals surface area contributed by atoms with Gasteiger partial charge in [-0.3, -0.25) is 4.79 Å². The highest BCUT2D eigenvalue weighted by molar-refractivity contribution is 5.89. The summed E-state index contributed by atoms with van der Waals surface area (Å²) >= 11 is 0. The maximum absolute atomic E-state index is 13.2. The Kier molecular flexibility index (Phi) is 6.96. The molecular weight excluding hydrogens is 452 g/mol. The molecule has 0 spiro atoms. The van der Waals surface area contributed by atoms with Crippen LogP contribution in [0.1, 0.15) is 62.5 Å². The molecule has 6 heteroatoms. The zero-order chi connectivity index (χ0) is 25.3. The van der Waals surface area contributed by atoms with E-state index in [2.05, 4.69) is 35.8 Å². The standard InChI is InChI=1S/C30H38N2O4/c1-30-14-13-25-24-12-10-23(36-3)16-19(24)9-11-26(25)28(30)20(17-27(30)33)6-5-15-31-29(34)32-21-7-4-8-22(18-21)35-2/h4,7-8,10,12,16,18,20,25-26,28H,5-6,9,11,13-15,17H2,1-3H3,(H2,31,32,34)/t20-,25?,26?,28?,30-/m1/s1. The first-order valence-corrected chi connectivity index (χ1v) is 13.3. The molecule has 0 saturated heterocycles. The summed E-state index contributed by atoms with van der Waals surface area (Å²) in [5.41, 5.74) is 3.41. The fourth-order valence-electron chi connectivity index (χ4n) is 7.45. The molecule has 3 unspecified atom stereocenters. The van der Waals surface area contributed by atoms with Crippen LogP contribution in [0.25, 0.3) is 0 Å². The maximum Gasteiger partial charge on any atom is 0.319 e. The van der Waals surface area contributed by atoms with Crippen LogP contribution < -0.4 is 20.1 Å². The molecule has 5 atom stereocenters. The van der Waals surface area contributed by atoms with Gasteiger partial charge in [0.2, 0.25) is 0 Å². The van der Waals surface area contributed by atoms with Gasteiger partial charge in [0.1, 0.15) is 17.3 Å². The molecule has 2 amide bonds. The Bertz CT molecular complexity index is 1130. The number of carbonyl (C=O) groups excluding carboxylic acids is 2.